The van der Waals surface area contributed by atoms with E-state index in [1.54, 1.807) is 0 Å². The average molecular weight is 329 g/mol. The molecule has 3 rings (SSSR count). The van der Waals surface area contributed by atoms with E-state index in [9.17, 15) is 4.79 Å². The van der Waals surface area contributed by atoms with Crippen LogP contribution in [0.15, 0.2) is 30.3 Å². The van der Waals surface area contributed by atoms with E-state index in [4.69, 9.17) is 5.73 Å². The summed E-state index contributed by atoms with van der Waals surface area (Å²) in [6.07, 6.45) is 1.98. The van der Waals surface area contributed by atoms with E-state index >= 15 is 0 Å². The standard InChI is InChI=1S/C18H23N3OS/c1-12(19)14-8-10-21(11-9-14)18(22)17-16(20-13(2)23-17)15-6-4-3-5-7-15/h3-7,12,14H,8-11,19H2,1-2H3. The third-order valence-corrected chi connectivity index (χ3v) is 5.50. The van der Waals surface area contributed by atoms with Crippen LogP contribution in [-0.4, -0.2) is 34.9 Å². The summed E-state index contributed by atoms with van der Waals surface area (Å²) in [7, 11) is 0. The first kappa shape index (κ1) is 16.1. The van der Waals surface area contributed by atoms with Gasteiger partial charge in [-0.1, -0.05) is 30.3 Å². The monoisotopic (exact) mass is 329 g/mol. The van der Waals surface area contributed by atoms with Crippen molar-refractivity contribution < 1.29 is 4.79 Å². The van der Waals surface area contributed by atoms with Crippen LogP contribution in [0.1, 0.15) is 34.4 Å². The van der Waals surface area contributed by atoms with Gasteiger partial charge in [-0.05, 0) is 32.6 Å². The van der Waals surface area contributed by atoms with Crippen LogP contribution in [0, 0.1) is 12.8 Å². The molecule has 1 saturated heterocycles. The molecule has 2 N–H and O–H groups in total. The first-order valence-electron chi connectivity index (χ1n) is 8.14. The molecule has 122 valence electrons. The van der Waals surface area contributed by atoms with Gasteiger partial charge in [0.25, 0.3) is 5.91 Å². The number of carbonyl (C=O) groups is 1. The number of nitrogens with zero attached hydrogens (tertiary/aromatic N) is 2. The maximum atomic E-state index is 12.9. The molecule has 1 amide bonds. The van der Waals surface area contributed by atoms with Gasteiger partial charge in [-0.25, -0.2) is 4.98 Å². The molecule has 0 bridgehead atoms. The third kappa shape index (κ3) is 3.46. The van der Waals surface area contributed by atoms with Gasteiger partial charge in [0, 0.05) is 24.7 Å². The molecular weight excluding hydrogens is 306 g/mol. The molecule has 2 aromatic rings. The Morgan fingerprint density at radius 1 is 1.30 bits per heavy atom. The zero-order valence-electron chi connectivity index (χ0n) is 13.7. The number of aryl methyl sites for hydroxylation is 1. The van der Waals surface area contributed by atoms with Crippen molar-refractivity contribution in [2.24, 2.45) is 11.7 Å². The average Bonchev–Trinajstić information content (AvgIpc) is 2.97. The summed E-state index contributed by atoms with van der Waals surface area (Å²) in [6.45, 7) is 5.59. The molecule has 5 heteroatoms. The Morgan fingerprint density at radius 3 is 2.57 bits per heavy atom. The van der Waals surface area contributed by atoms with Gasteiger partial charge in [-0.2, -0.15) is 0 Å². The number of hydrogen-bond acceptors (Lipinski definition) is 4. The fourth-order valence-corrected chi connectivity index (χ4v) is 4.04. The summed E-state index contributed by atoms with van der Waals surface area (Å²) in [5, 5.41) is 0.928. The van der Waals surface area contributed by atoms with Crippen LogP contribution in [0.5, 0.6) is 0 Å². The van der Waals surface area contributed by atoms with Crippen molar-refractivity contribution in [1.82, 2.24) is 9.88 Å². The number of aromatic nitrogens is 1. The van der Waals surface area contributed by atoms with E-state index < -0.39 is 0 Å². The highest BCUT2D eigenvalue weighted by atomic mass is 32.1. The van der Waals surface area contributed by atoms with E-state index in [0.717, 1.165) is 47.1 Å². The molecule has 1 fully saturated rings. The lowest BCUT2D eigenvalue weighted by Crippen LogP contribution is -2.42. The number of nitrogens with two attached hydrogens (primary N) is 1. The Labute approximate surface area is 141 Å². The molecule has 1 atom stereocenters. The molecule has 1 aliphatic rings. The number of thiazole rings is 1. The smallest absolute Gasteiger partial charge is 0.266 e. The van der Waals surface area contributed by atoms with E-state index in [2.05, 4.69) is 11.9 Å². The maximum absolute atomic E-state index is 12.9. The normalized spacial score (nSPS) is 17.3. The molecule has 0 radical (unpaired) electrons. The highest BCUT2D eigenvalue weighted by Crippen LogP contribution is 2.30. The van der Waals surface area contributed by atoms with Crippen LogP contribution in [0.25, 0.3) is 11.3 Å². The number of hydrogen-bond donors (Lipinski definition) is 1. The summed E-state index contributed by atoms with van der Waals surface area (Å²) in [5.41, 5.74) is 7.81. The lowest BCUT2D eigenvalue weighted by atomic mass is 9.91. The number of piperidine rings is 1. The molecule has 1 aromatic heterocycles. The molecular formula is C18H23N3OS. The van der Waals surface area contributed by atoms with Gasteiger partial charge in [0.15, 0.2) is 0 Å². The molecule has 2 heterocycles. The Morgan fingerprint density at radius 2 is 1.96 bits per heavy atom. The second-order valence-electron chi connectivity index (χ2n) is 6.27. The Kier molecular flexibility index (Phi) is 4.78. The van der Waals surface area contributed by atoms with Gasteiger partial charge in [0.1, 0.15) is 4.88 Å². The fourth-order valence-electron chi connectivity index (χ4n) is 3.14. The van der Waals surface area contributed by atoms with Crippen molar-refractivity contribution in [3.8, 4) is 11.3 Å². The van der Waals surface area contributed by atoms with Crippen LogP contribution in [0.3, 0.4) is 0 Å². The second kappa shape index (κ2) is 6.81. The van der Waals surface area contributed by atoms with Crippen molar-refractivity contribution in [2.45, 2.75) is 32.7 Å². The zero-order chi connectivity index (χ0) is 16.4. The minimum atomic E-state index is 0.109. The largest absolute Gasteiger partial charge is 0.338 e. The number of likely N-dealkylation sites (tertiary alicyclic amines) is 1. The molecule has 1 unspecified atom stereocenters. The van der Waals surface area contributed by atoms with Crippen molar-refractivity contribution in [3.05, 3.63) is 40.2 Å². The summed E-state index contributed by atoms with van der Waals surface area (Å²) < 4.78 is 0. The number of benzene rings is 1. The predicted molar refractivity (Wildman–Crippen MR) is 94.6 cm³/mol. The minimum Gasteiger partial charge on any atom is -0.338 e. The SMILES string of the molecule is Cc1nc(-c2ccccc2)c(C(=O)N2CCC(C(C)N)CC2)s1. The van der Waals surface area contributed by atoms with Gasteiger partial charge in [0.2, 0.25) is 0 Å². The molecule has 4 nitrogen and oxygen atoms in total. The van der Waals surface area contributed by atoms with Crippen molar-refractivity contribution in [2.75, 3.05) is 13.1 Å². The van der Waals surface area contributed by atoms with Gasteiger partial charge in [0.05, 0.1) is 10.7 Å². The fraction of sp³-hybridized carbons (Fsp3) is 0.444. The third-order valence-electron chi connectivity index (χ3n) is 4.55. The van der Waals surface area contributed by atoms with Crippen LogP contribution in [0.4, 0.5) is 0 Å². The van der Waals surface area contributed by atoms with Crippen molar-refractivity contribution in [1.29, 1.82) is 0 Å². The van der Waals surface area contributed by atoms with E-state index in [1.165, 1.54) is 11.3 Å². The van der Waals surface area contributed by atoms with Gasteiger partial charge >= 0.3 is 0 Å². The Bertz CT molecular complexity index is 673. The number of rotatable bonds is 3. The van der Waals surface area contributed by atoms with Crippen molar-refractivity contribution >= 4 is 17.2 Å². The molecule has 0 saturated carbocycles. The highest BCUT2D eigenvalue weighted by Gasteiger charge is 2.28. The number of amides is 1. The summed E-state index contributed by atoms with van der Waals surface area (Å²) in [4.78, 5) is 20.3. The highest BCUT2D eigenvalue weighted by molar-refractivity contribution is 7.14. The van der Waals surface area contributed by atoms with Crippen LogP contribution >= 0.6 is 11.3 Å². The minimum absolute atomic E-state index is 0.109. The second-order valence-corrected chi connectivity index (χ2v) is 7.47. The number of carbonyl (C=O) groups excluding carboxylic acids is 1. The van der Waals surface area contributed by atoms with Crippen LogP contribution < -0.4 is 5.73 Å². The lowest BCUT2D eigenvalue weighted by Gasteiger charge is -2.33. The molecule has 23 heavy (non-hydrogen) atoms. The van der Waals surface area contributed by atoms with Gasteiger partial charge in [-0.3, -0.25) is 4.79 Å². The van der Waals surface area contributed by atoms with E-state index in [0.29, 0.717) is 5.92 Å². The van der Waals surface area contributed by atoms with Gasteiger partial charge < -0.3 is 10.6 Å². The molecule has 1 aliphatic heterocycles. The Balaban J connectivity index is 1.81. The van der Waals surface area contributed by atoms with E-state index in [-0.39, 0.29) is 11.9 Å². The summed E-state index contributed by atoms with van der Waals surface area (Å²) >= 11 is 1.49. The lowest BCUT2D eigenvalue weighted by molar-refractivity contribution is 0.0686. The van der Waals surface area contributed by atoms with E-state index in [1.807, 2.05) is 42.2 Å². The summed E-state index contributed by atoms with van der Waals surface area (Å²) in [6, 6.07) is 10.2. The quantitative estimate of drug-likeness (QED) is 0.940. The van der Waals surface area contributed by atoms with Crippen LogP contribution in [-0.2, 0) is 0 Å². The first-order chi connectivity index (χ1) is 11.1. The molecule has 1 aromatic carbocycles. The molecule has 0 aliphatic carbocycles. The Hall–Kier alpha value is -1.72. The summed E-state index contributed by atoms with van der Waals surface area (Å²) in [5.74, 6) is 0.633. The maximum Gasteiger partial charge on any atom is 0.266 e. The predicted octanol–water partition coefficient (Wildman–Crippen LogP) is 3.32. The topological polar surface area (TPSA) is 59.2 Å². The van der Waals surface area contributed by atoms with Crippen molar-refractivity contribution in [3.63, 3.8) is 0 Å². The molecule has 0 spiro atoms. The van der Waals surface area contributed by atoms with Crippen LogP contribution in [0.2, 0.25) is 0 Å². The van der Waals surface area contributed by atoms with Gasteiger partial charge in [-0.15, -0.1) is 11.3 Å². The first-order valence-corrected chi connectivity index (χ1v) is 8.95. The zero-order valence-corrected chi connectivity index (χ0v) is 14.5.